The smallest absolute Gasteiger partial charge is 0.131 e. The van der Waals surface area contributed by atoms with Gasteiger partial charge in [-0.2, -0.15) is 5.26 Å². The average Bonchev–Trinajstić information content (AvgIpc) is 2.14. The van der Waals surface area contributed by atoms with Gasteiger partial charge in [0.05, 0.1) is 12.0 Å². The van der Waals surface area contributed by atoms with Gasteiger partial charge in [-0.1, -0.05) is 28.1 Å². The van der Waals surface area contributed by atoms with E-state index in [0.29, 0.717) is 0 Å². The van der Waals surface area contributed by atoms with Crippen LogP contribution in [0.3, 0.4) is 0 Å². The number of benzene rings is 1. The molecule has 0 saturated carbocycles. The minimum absolute atomic E-state index is 0.0384. The zero-order valence-electron chi connectivity index (χ0n) is 7.83. The van der Waals surface area contributed by atoms with E-state index in [4.69, 9.17) is 5.26 Å². The van der Waals surface area contributed by atoms with E-state index in [1.807, 2.05) is 24.3 Å². The van der Waals surface area contributed by atoms with Gasteiger partial charge in [0.1, 0.15) is 5.78 Å². The first-order valence-corrected chi connectivity index (χ1v) is 5.07. The summed E-state index contributed by atoms with van der Waals surface area (Å²) in [7, 11) is 0. The van der Waals surface area contributed by atoms with Crippen LogP contribution in [0.2, 0.25) is 0 Å². The van der Waals surface area contributed by atoms with Gasteiger partial charge < -0.3 is 0 Å². The van der Waals surface area contributed by atoms with Crippen LogP contribution < -0.4 is 0 Å². The van der Waals surface area contributed by atoms with E-state index in [1.54, 1.807) is 0 Å². The molecule has 1 rings (SSSR count). The Morgan fingerprint density at radius 2 is 2.36 bits per heavy atom. The molecule has 0 N–H and O–H groups in total. The average molecular weight is 252 g/mol. The predicted molar refractivity (Wildman–Crippen MR) is 57.8 cm³/mol. The predicted octanol–water partition coefficient (Wildman–Crippen LogP) is 3.04. The molecule has 72 valence electrons. The van der Waals surface area contributed by atoms with E-state index >= 15 is 0 Å². The Labute approximate surface area is 91.7 Å². The Bertz CT molecular complexity index is 381. The molecular formula is C11H10BrNO. The molecule has 0 aliphatic rings. The van der Waals surface area contributed by atoms with E-state index < -0.39 is 0 Å². The Kier molecular flexibility index (Phi) is 3.84. The maximum atomic E-state index is 10.9. The summed E-state index contributed by atoms with van der Waals surface area (Å²) in [5, 5.41) is 8.90. The van der Waals surface area contributed by atoms with Crippen LogP contribution in [0.4, 0.5) is 0 Å². The topological polar surface area (TPSA) is 40.9 Å². The highest BCUT2D eigenvalue weighted by Crippen LogP contribution is 2.22. The van der Waals surface area contributed by atoms with E-state index in [1.165, 1.54) is 6.92 Å². The molecule has 0 fully saturated rings. The van der Waals surface area contributed by atoms with Crippen molar-refractivity contribution >= 4 is 21.7 Å². The molecule has 1 atom stereocenters. The van der Waals surface area contributed by atoms with Crippen LogP contribution in [0.5, 0.6) is 0 Å². The van der Waals surface area contributed by atoms with Gasteiger partial charge in [-0.15, -0.1) is 0 Å². The molecule has 1 aromatic rings. The molecule has 0 saturated heterocycles. The summed E-state index contributed by atoms with van der Waals surface area (Å²) in [6.45, 7) is 1.50. The number of rotatable bonds is 3. The van der Waals surface area contributed by atoms with Crippen molar-refractivity contribution < 1.29 is 4.79 Å². The van der Waals surface area contributed by atoms with Crippen LogP contribution in [0.1, 0.15) is 24.8 Å². The first-order chi connectivity index (χ1) is 6.63. The molecular weight excluding hydrogens is 242 g/mol. The molecule has 0 heterocycles. The summed E-state index contributed by atoms with van der Waals surface area (Å²) in [6, 6.07) is 9.63. The number of Topliss-reactive ketones (excluding diaryl/α,β-unsaturated/α-hetero) is 1. The van der Waals surface area contributed by atoms with Crippen LogP contribution in [-0.2, 0) is 4.79 Å². The third kappa shape index (κ3) is 2.97. The SMILES string of the molecule is CC(=O)CC(C#N)c1cccc(Br)c1. The molecule has 0 spiro atoms. The van der Waals surface area contributed by atoms with Gasteiger partial charge in [0, 0.05) is 10.9 Å². The van der Waals surface area contributed by atoms with E-state index in [0.717, 1.165) is 10.0 Å². The fraction of sp³-hybridized carbons (Fsp3) is 0.273. The number of nitriles is 1. The van der Waals surface area contributed by atoms with E-state index in [9.17, 15) is 4.79 Å². The summed E-state index contributed by atoms with van der Waals surface area (Å²) in [6.07, 6.45) is 0.285. The lowest BCUT2D eigenvalue weighted by molar-refractivity contribution is -0.117. The normalized spacial score (nSPS) is 11.8. The van der Waals surface area contributed by atoms with Crippen molar-refractivity contribution in [2.45, 2.75) is 19.3 Å². The van der Waals surface area contributed by atoms with Crippen molar-refractivity contribution in [2.75, 3.05) is 0 Å². The van der Waals surface area contributed by atoms with Crippen LogP contribution in [0, 0.1) is 11.3 Å². The summed E-state index contributed by atoms with van der Waals surface area (Å²) >= 11 is 3.33. The fourth-order valence-corrected chi connectivity index (χ4v) is 1.67. The van der Waals surface area contributed by atoms with Crippen molar-refractivity contribution in [3.63, 3.8) is 0 Å². The minimum Gasteiger partial charge on any atom is -0.300 e. The van der Waals surface area contributed by atoms with Crippen molar-refractivity contribution in [3.05, 3.63) is 34.3 Å². The van der Waals surface area contributed by atoms with Gasteiger partial charge >= 0.3 is 0 Å². The lowest BCUT2D eigenvalue weighted by Gasteiger charge is -2.06. The zero-order valence-corrected chi connectivity index (χ0v) is 9.41. The van der Waals surface area contributed by atoms with Crippen LogP contribution in [-0.4, -0.2) is 5.78 Å². The first-order valence-electron chi connectivity index (χ1n) is 4.28. The Hall–Kier alpha value is -1.14. The maximum absolute atomic E-state index is 10.9. The number of ketones is 1. The minimum atomic E-state index is -0.329. The number of carbonyl (C=O) groups excluding carboxylic acids is 1. The van der Waals surface area contributed by atoms with Gasteiger partial charge in [-0.25, -0.2) is 0 Å². The van der Waals surface area contributed by atoms with E-state index in [2.05, 4.69) is 22.0 Å². The molecule has 0 bridgehead atoms. The molecule has 0 aliphatic carbocycles. The highest BCUT2D eigenvalue weighted by Gasteiger charge is 2.12. The molecule has 1 unspecified atom stereocenters. The number of hydrogen-bond donors (Lipinski definition) is 0. The van der Waals surface area contributed by atoms with Crippen LogP contribution in [0.25, 0.3) is 0 Å². The first kappa shape index (κ1) is 10.9. The molecule has 0 aliphatic heterocycles. The van der Waals surface area contributed by atoms with Crippen molar-refractivity contribution in [1.29, 1.82) is 5.26 Å². The van der Waals surface area contributed by atoms with Crippen LogP contribution >= 0.6 is 15.9 Å². The Balaban J connectivity index is 2.90. The maximum Gasteiger partial charge on any atom is 0.131 e. The second-order valence-corrected chi connectivity index (χ2v) is 4.06. The summed E-state index contributed by atoms with van der Waals surface area (Å²) in [5.74, 6) is -0.290. The fourth-order valence-electron chi connectivity index (χ4n) is 1.25. The number of carbonyl (C=O) groups is 1. The summed E-state index contributed by atoms with van der Waals surface area (Å²) < 4.78 is 0.929. The monoisotopic (exact) mass is 251 g/mol. The molecule has 0 aromatic heterocycles. The van der Waals surface area contributed by atoms with Crippen molar-refractivity contribution in [3.8, 4) is 6.07 Å². The van der Waals surface area contributed by atoms with Crippen molar-refractivity contribution in [2.24, 2.45) is 0 Å². The number of hydrogen-bond acceptors (Lipinski definition) is 2. The highest BCUT2D eigenvalue weighted by atomic mass is 79.9. The summed E-state index contributed by atoms with van der Waals surface area (Å²) in [4.78, 5) is 10.9. The Morgan fingerprint density at radius 3 is 2.86 bits per heavy atom. The molecule has 0 amide bonds. The molecule has 14 heavy (non-hydrogen) atoms. The third-order valence-electron chi connectivity index (χ3n) is 1.90. The highest BCUT2D eigenvalue weighted by molar-refractivity contribution is 9.10. The second-order valence-electron chi connectivity index (χ2n) is 3.14. The van der Waals surface area contributed by atoms with Gasteiger partial charge in [0.2, 0.25) is 0 Å². The van der Waals surface area contributed by atoms with Gasteiger partial charge in [0.15, 0.2) is 0 Å². The van der Waals surface area contributed by atoms with Gasteiger partial charge in [0.25, 0.3) is 0 Å². The zero-order chi connectivity index (χ0) is 10.6. The van der Waals surface area contributed by atoms with Gasteiger partial charge in [-0.05, 0) is 24.6 Å². The molecule has 0 radical (unpaired) electrons. The lowest BCUT2D eigenvalue weighted by atomic mass is 9.96. The number of halogens is 1. The third-order valence-corrected chi connectivity index (χ3v) is 2.39. The van der Waals surface area contributed by atoms with E-state index in [-0.39, 0.29) is 18.1 Å². The van der Waals surface area contributed by atoms with Crippen molar-refractivity contribution in [1.82, 2.24) is 0 Å². The standard InChI is InChI=1S/C11H10BrNO/c1-8(14)5-10(7-13)9-3-2-4-11(12)6-9/h2-4,6,10H,5H2,1H3. The second kappa shape index (κ2) is 4.92. The lowest BCUT2D eigenvalue weighted by Crippen LogP contribution is -2.01. The largest absolute Gasteiger partial charge is 0.300 e. The van der Waals surface area contributed by atoms with Gasteiger partial charge in [-0.3, -0.25) is 4.79 Å². The molecule has 3 heteroatoms. The molecule has 2 nitrogen and oxygen atoms in total. The summed E-state index contributed by atoms with van der Waals surface area (Å²) in [5.41, 5.74) is 0.886. The number of nitrogens with zero attached hydrogens (tertiary/aromatic N) is 1. The Morgan fingerprint density at radius 1 is 1.64 bits per heavy atom. The van der Waals surface area contributed by atoms with Crippen LogP contribution in [0.15, 0.2) is 28.7 Å². The quantitative estimate of drug-likeness (QED) is 0.829. The molecule has 1 aromatic carbocycles.